The number of unbranched alkanes of at least 4 members (excludes halogenated alkanes) is 5. The van der Waals surface area contributed by atoms with Gasteiger partial charge in [0.2, 0.25) is 0 Å². The molecule has 101 valence electrons. The summed E-state index contributed by atoms with van der Waals surface area (Å²) in [5, 5.41) is 0. The van der Waals surface area contributed by atoms with Gasteiger partial charge in [0.05, 0.1) is 0 Å². The van der Waals surface area contributed by atoms with Crippen molar-refractivity contribution in [2.45, 2.75) is 71.6 Å². The molecule has 0 heterocycles. The zero-order chi connectivity index (χ0) is 13.2. The van der Waals surface area contributed by atoms with E-state index in [9.17, 15) is 0 Å². The maximum absolute atomic E-state index is 2.38. The quantitative estimate of drug-likeness (QED) is 0.460. The molecular weight excluding hydrogens is 216 g/mol. The number of hydrogen-bond acceptors (Lipinski definition) is 0. The lowest BCUT2D eigenvalue weighted by molar-refractivity contribution is 0.631. The van der Waals surface area contributed by atoms with E-state index in [1.807, 2.05) is 0 Å². The molecule has 0 aromatic heterocycles. The molecular formula is C18H29. The summed E-state index contributed by atoms with van der Waals surface area (Å²) in [7, 11) is 0. The average molecular weight is 245 g/mol. The van der Waals surface area contributed by atoms with Gasteiger partial charge in [-0.1, -0.05) is 77.1 Å². The van der Waals surface area contributed by atoms with Crippen LogP contribution >= 0.6 is 0 Å². The van der Waals surface area contributed by atoms with Gasteiger partial charge in [0.1, 0.15) is 0 Å². The fourth-order valence-corrected chi connectivity index (χ4v) is 2.21. The van der Waals surface area contributed by atoms with Crippen LogP contribution in [-0.4, -0.2) is 0 Å². The van der Waals surface area contributed by atoms with Crippen molar-refractivity contribution in [1.29, 1.82) is 0 Å². The highest BCUT2D eigenvalue weighted by Gasteiger charge is 2.02. The minimum Gasteiger partial charge on any atom is -0.0654 e. The lowest BCUT2D eigenvalue weighted by atomic mass is 9.96. The maximum Gasteiger partial charge on any atom is -0.00931 e. The van der Waals surface area contributed by atoms with E-state index >= 15 is 0 Å². The van der Waals surface area contributed by atoms with Crippen molar-refractivity contribution in [2.24, 2.45) is 0 Å². The molecule has 1 aromatic rings. The van der Waals surface area contributed by atoms with Gasteiger partial charge in [-0.3, -0.25) is 0 Å². The third kappa shape index (κ3) is 5.71. The third-order valence-corrected chi connectivity index (χ3v) is 3.81. The second kappa shape index (κ2) is 9.19. The fraction of sp³-hybridized carbons (Fsp3) is 0.611. The van der Waals surface area contributed by atoms with E-state index in [4.69, 9.17) is 0 Å². The van der Waals surface area contributed by atoms with E-state index < -0.39 is 0 Å². The zero-order valence-corrected chi connectivity index (χ0v) is 12.4. The number of rotatable bonds is 9. The highest BCUT2D eigenvalue weighted by Crippen LogP contribution is 2.20. The summed E-state index contributed by atoms with van der Waals surface area (Å²) in [6, 6.07) is 9.12. The highest BCUT2D eigenvalue weighted by molar-refractivity contribution is 5.29. The van der Waals surface area contributed by atoms with E-state index in [0.717, 1.165) is 0 Å². The Hall–Kier alpha value is -0.780. The third-order valence-electron chi connectivity index (χ3n) is 3.81. The summed E-state index contributed by atoms with van der Waals surface area (Å²) in [6.07, 6.45) is 11.7. The molecule has 1 rings (SSSR count). The van der Waals surface area contributed by atoms with Crippen molar-refractivity contribution >= 4 is 0 Å². The minimum absolute atomic E-state index is 0.688. The monoisotopic (exact) mass is 245 g/mol. The molecule has 0 aliphatic rings. The molecule has 1 radical (unpaired) electrons. The molecule has 0 N–H and O–H groups in total. The van der Waals surface area contributed by atoms with Gasteiger partial charge in [-0.05, 0) is 36.3 Å². The Morgan fingerprint density at radius 1 is 0.944 bits per heavy atom. The molecule has 0 spiro atoms. The molecule has 0 saturated heterocycles. The predicted octanol–water partition coefficient (Wildman–Crippen LogP) is 6.11. The lowest BCUT2D eigenvalue weighted by Gasteiger charge is -2.09. The first-order chi connectivity index (χ1) is 8.77. The van der Waals surface area contributed by atoms with Crippen LogP contribution in [-0.2, 0) is 0 Å². The molecule has 0 aliphatic heterocycles. The molecule has 0 nitrogen and oxygen atoms in total. The van der Waals surface area contributed by atoms with E-state index in [0.29, 0.717) is 5.92 Å². The van der Waals surface area contributed by atoms with Crippen molar-refractivity contribution in [1.82, 2.24) is 0 Å². The maximum atomic E-state index is 2.38. The van der Waals surface area contributed by atoms with E-state index in [1.54, 1.807) is 0 Å². The molecule has 0 heteroatoms. The van der Waals surface area contributed by atoms with Gasteiger partial charge >= 0.3 is 0 Å². The van der Waals surface area contributed by atoms with Crippen molar-refractivity contribution in [3.63, 3.8) is 0 Å². The highest BCUT2D eigenvalue weighted by atomic mass is 14.1. The summed E-state index contributed by atoms with van der Waals surface area (Å²) in [4.78, 5) is 0. The van der Waals surface area contributed by atoms with E-state index in [1.165, 1.54) is 56.1 Å². The first-order valence-corrected chi connectivity index (χ1v) is 7.71. The topological polar surface area (TPSA) is 0 Å². The summed E-state index contributed by atoms with van der Waals surface area (Å²) in [5.74, 6) is 0.688. The van der Waals surface area contributed by atoms with Crippen LogP contribution in [0, 0.1) is 6.42 Å². The molecule has 0 bridgehead atoms. The Balaban J connectivity index is 2.22. The predicted molar refractivity (Wildman–Crippen MR) is 81.9 cm³/mol. The van der Waals surface area contributed by atoms with Crippen LogP contribution in [0.1, 0.15) is 82.8 Å². The molecule has 0 amide bonds. The SMILES string of the molecule is CCCCCCC[CH]c1ccc(C(C)CC)cc1. The summed E-state index contributed by atoms with van der Waals surface area (Å²) in [6.45, 7) is 6.82. The fourth-order valence-electron chi connectivity index (χ4n) is 2.21. The van der Waals surface area contributed by atoms with Gasteiger partial charge in [-0.25, -0.2) is 0 Å². The first kappa shape index (κ1) is 15.3. The van der Waals surface area contributed by atoms with Crippen molar-refractivity contribution < 1.29 is 0 Å². The van der Waals surface area contributed by atoms with Crippen LogP contribution in [0.4, 0.5) is 0 Å². The smallest absolute Gasteiger partial charge is 0.00931 e. The largest absolute Gasteiger partial charge is 0.0654 e. The van der Waals surface area contributed by atoms with Gasteiger partial charge < -0.3 is 0 Å². The Labute approximate surface area is 114 Å². The van der Waals surface area contributed by atoms with Crippen molar-refractivity contribution in [3.05, 3.63) is 41.8 Å². The van der Waals surface area contributed by atoms with Crippen LogP contribution in [0.15, 0.2) is 24.3 Å². The summed E-state index contributed by atoms with van der Waals surface area (Å²) in [5.41, 5.74) is 2.86. The second-order valence-corrected chi connectivity index (χ2v) is 5.38. The molecule has 1 aromatic carbocycles. The Bertz CT molecular complexity index is 296. The van der Waals surface area contributed by atoms with E-state index in [-0.39, 0.29) is 0 Å². The summed E-state index contributed by atoms with van der Waals surface area (Å²) >= 11 is 0. The molecule has 0 aliphatic carbocycles. The minimum atomic E-state index is 0.688. The van der Waals surface area contributed by atoms with Gasteiger partial charge in [0, 0.05) is 0 Å². The molecule has 0 saturated carbocycles. The number of benzene rings is 1. The average Bonchev–Trinajstić information content (AvgIpc) is 2.42. The van der Waals surface area contributed by atoms with Crippen LogP contribution in [0.2, 0.25) is 0 Å². The lowest BCUT2D eigenvalue weighted by Crippen LogP contribution is -1.91. The Kier molecular flexibility index (Phi) is 7.80. The van der Waals surface area contributed by atoms with Crippen molar-refractivity contribution in [2.75, 3.05) is 0 Å². The Morgan fingerprint density at radius 3 is 2.22 bits per heavy atom. The first-order valence-electron chi connectivity index (χ1n) is 7.71. The Morgan fingerprint density at radius 2 is 1.61 bits per heavy atom. The van der Waals surface area contributed by atoms with Crippen LogP contribution in [0.3, 0.4) is 0 Å². The van der Waals surface area contributed by atoms with E-state index in [2.05, 4.69) is 51.5 Å². The van der Waals surface area contributed by atoms with Gasteiger partial charge in [-0.15, -0.1) is 0 Å². The van der Waals surface area contributed by atoms with Crippen LogP contribution in [0.25, 0.3) is 0 Å². The number of hydrogen-bond donors (Lipinski definition) is 0. The molecule has 18 heavy (non-hydrogen) atoms. The normalized spacial score (nSPS) is 12.6. The second-order valence-electron chi connectivity index (χ2n) is 5.38. The zero-order valence-electron chi connectivity index (χ0n) is 12.4. The van der Waals surface area contributed by atoms with Crippen LogP contribution < -0.4 is 0 Å². The molecule has 1 atom stereocenters. The molecule has 0 fully saturated rings. The van der Waals surface area contributed by atoms with Crippen molar-refractivity contribution in [3.8, 4) is 0 Å². The standard InChI is InChI=1S/C18H29/c1-4-6-7-8-9-10-11-17-12-14-18(15-13-17)16(3)5-2/h11-16H,4-10H2,1-3H3. The van der Waals surface area contributed by atoms with Gasteiger partial charge in [0.15, 0.2) is 0 Å². The van der Waals surface area contributed by atoms with Crippen LogP contribution in [0.5, 0.6) is 0 Å². The van der Waals surface area contributed by atoms with Gasteiger partial charge in [0.25, 0.3) is 0 Å². The van der Waals surface area contributed by atoms with Gasteiger partial charge in [-0.2, -0.15) is 0 Å². The summed E-state index contributed by atoms with van der Waals surface area (Å²) < 4.78 is 0. The molecule has 1 unspecified atom stereocenters.